The van der Waals surface area contributed by atoms with Crippen LogP contribution in [-0.4, -0.2) is 72.4 Å². The van der Waals surface area contributed by atoms with Gasteiger partial charge in [0.05, 0.1) is 19.1 Å². The highest BCUT2D eigenvalue weighted by Crippen LogP contribution is 2.11. The molecule has 12 nitrogen and oxygen atoms in total. The number of aromatic hydroxyl groups is 1. The van der Waals surface area contributed by atoms with E-state index in [-0.39, 0.29) is 30.4 Å². The molecule has 0 saturated carbocycles. The van der Waals surface area contributed by atoms with Gasteiger partial charge in [0.2, 0.25) is 29.5 Å². The summed E-state index contributed by atoms with van der Waals surface area (Å²) < 4.78 is 0. The number of carbonyl (C=O) groups excluding carboxylic acids is 5. The molecule has 3 aromatic rings. The van der Waals surface area contributed by atoms with Crippen LogP contribution in [0, 0.1) is 5.92 Å². The number of phenols is 1. The highest BCUT2D eigenvalue weighted by Gasteiger charge is 2.28. The predicted octanol–water partition coefficient (Wildman–Crippen LogP) is 1.89. The molecule has 0 aliphatic carbocycles. The van der Waals surface area contributed by atoms with Gasteiger partial charge in [0.15, 0.2) is 0 Å². The van der Waals surface area contributed by atoms with Crippen LogP contribution in [0.15, 0.2) is 84.9 Å². The third-order valence-electron chi connectivity index (χ3n) is 7.91. The van der Waals surface area contributed by atoms with Crippen LogP contribution in [0.3, 0.4) is 0 Å². The van der Waals surface area contributed by atoms with E-state index in [1.165, 1.54) is 17.7 Å². The van der Waals surface area contributed by atoms with E-state index in [2.05, 4.69) is 38.7 Å². The second-order valence-electron chi connectivity index (χ2n) is 12.7. The zero-order valence-electron chi connectivity index (χ0n) is 28.8. The second-order valence-corrected chi connectivity index (χ2v) is 12.7. The Hall–Kier alpha value is -5.23. The summed E-state index contributed by atoms with van der Waals surface area (Å²) in [6.07, 6.45) is 3.39. The Balaban J connectivity index is 1.51. The Morgan fingerprint density at radius 3 is 1.86 bits per heavy atom. The highest BCUT2D eigenvalue weighted by molar-refractivity contribution is 5.94. The van der Waals surface area contributed by atoms with Crippen LogP contribution in [0.5, 0.6) is 5.75 Å². The molecule has 0 fully saturated rings. The fourth-order valence-corrected chi connectivity index (χ4v) is 5.23. The van der Waals surface area contributed by atoms with E-state index in [1.54, 1.807) is 12.1 Å². The van der Waals surface area contributed by atoms with Crippen molar-refractivity contribution in [2.75, 3.05) is 19.6 Å². The molecule has 0 saturated heterocycles. The summed E-state index contributed by atoms with van der Waals surface area (Å²) in [6.45, 7) is 3.56. The number of hydrogen-bond donors (Lipinski definition) is 7. The fraction of sp³-hybridized carbons (Fsp3) is 0.395. The van der Waals surface area contributed by atoms with Crippen molar-refractivity contribution in [2.24, 2.45) is 11.7 Å². The first-order valence-electron chi connectivity index (χ1n) is 17.0. The first-order chi connectivity index (χ1) is 24.0. The number of amides is 5. The Bertz CT molecular complexity index is 1520. The molecule has 12 heteroatoms. The minimum Gasteiger partial charge on any atom is -0.508 e. The van der Waals surface area contributed by atoms with Crippen LogP contribution in [0.2, 0.25) is 0 Å². The first kappa shape index (κ1) is 39.2. The maximum absolute atomic E-state index is 13.6. The van der Waals surface area contributed by atoms with Gasteiger partial charge in [0.1, 0.15) is 17.8 Å². The Morgan fingerprint density at radius 2 is 1.22 bits per heavy atom. The number of phenolic OH excluding ortho intramolecular Hbond substituents is 1. The van der Waals surface area contributed by atoms with Gasteiger partial charge in [0, 0.05) is 13.0 Å². The zero-order chi connectivity index (χ0) is 36.3. The van der Waals surface area contributed by atoms with E-state index >= 15 is 0 Å². The Kier molecular flexibility index (Phi) is 16.5. The lowest BCUT2D eigenvalue weighted by atomic mass is 10.0. The quantitative estimate of drug-likeness (QED) is 0.0883. The Labute approximate surface area is 294 Å². The monoisotopic (exact) mass is 686 g/mol. The molecule has 0 bridgehead atoms. The third kappa shape index (κ3) is 14.9. The maximum atomic E-state index is 13.6. The lowest BCUT2D eigenvalue weighted by molar-refractivity contribution is -0.132. The van der Waals surface area contributed by atoms with E-state index < -0.39 is 54.8 Å². The summed E-state index contributed by atoms with van der Waals surface area (Å²) in [5.74, 6) is -2.38. The van der Waals surface area contributed by atoms with Crippen LogP contribution in [-0.2, 0) is 43.2 Å². The third-order valence-corrected chi connectivity index (χ3v) is 7.91. The minimum absolute atomic E-state index is 0.0958. The molecule has 0 radical (unpaired) electrons. The standard InChI is InChI=1S/C38H50N6O6/c1-26(2)21-32(37(49)40-20-10-9-13-27-11-5-3-6-12-27)44-38(50)33(23-28-14-7-4-8-15-28)43-35(47)25-41-34(46)24-42-36(48)31(39)22-29-16-18-30(45)19-17-29/h3-8,11-12,14-19,26,31-33,45H,9-10,13,20-25,39H2,1-2H3,(H,40,49)(H,41,46)(H,42,48)(H,43,47)(H,44,50)/t31-,32-,33-/m0/s1. The van der Waals surface area contributed by atoms with Crippen molar-refractivity contribution >= 4 is 29.5 Å². The van der Waals surface area contributed by atoms with E-state index in [9.17, 15) is 29.1 Å². The molecular weight excluding hydrogens is 636 g/mol. The number of nitrogens with one attached hydrogen (secondary N) is 5. The molecule has 8 N–H and O–H groups in total. The molecule has 0 heterocycles. The van der Waals surface area contributed by atoms with Crippen molar-refractivity contribution < 1.29 is 29.1 Å². The zero-order valence-corrected chi connectivity index (χ0v) is 28.8. The van der Waals surface area contributed by atoms with Gasteiger partial charge in [-0.25, -0.2) is 0 Å². The average Bonchev–Trinajstić information content (AvgIpc) is 3.10. The number of aryl methyl sites for hydroxylation is 1. The molecule has 0 aromatic heterocycles. The molecular formula is C38H50N6O6. The number of nitrogens with two attached hydrogens (primary N) is 1. The molecule has 0 unspecified atom stereocenters. The molecule has 3 rings (SSSR count). The van der Waals surface area contributed by atoms with Gasteiger partial charge < -0.3 is 37.4 Å². The molecule has 0 spiro atoms. The molecule has 0 aliphatic heterocycles. The topological polar surface area (TPSA) is 192 Å². The predicted molar refractivity (Wildman–Crippen MR) is 192 cm³/mol. The van der Waals surface area contributed by atoms with Crippen LogP contribution in [0.25, 0.3) is 0 Å². The molecule has 3 atom stereocenters. The number of benzene rings is 3. The molecule has 5 amide bonds. The summed E-state index contributed by atoms with van der Waals surface area (Å²) in [5, 5.41) is 22.8. The molecule has 50 heavy (non-hydrogen) atoms. The molecule has 3 aromatic carbocycles. The molecule has 0 aliphatic rings. The van der Waals surface area contributed by atoms with Gasteiger partial charge in [-0.2, -0.15) is 0 Å². The minimum atomic E-state index is -1.02. The van der Waals surface area contributed by atoms with Gasteiger partial charge in [-0.05, 0) is 66.8 Å². The van der Waals surface area contributed by atoms with E-state index in [0.29, 0.717) is 13.0 Å². The number of rotatable bonds is 20. The van der Waals surface area contributed by atoms with Crippen molar-refractivity contribution in [3.63, 3.8) is 0 Å². The van der Waals surface area contributed by atoms with Crippen molar-refractivity contribution in [1.82, 2.24) is 26.6 Å². The normalized spacial score (nSPS) is 12.6. The summed E-state index contributed by atoms with van der Waals surface area (Å²) in [4.78, 5) is 64.5. The maximum Gasteiger partial charge on any atom is 0.243 e. The van der Waals surface area contributed by atoms with Crippen LogP contribution in [0.4, 0.5) is 0 Å². The van der Waals surface area contributed by atoms with Crippen LogP contribution in [0.1, 0.15) is 49.8 Å². The van der Waals surface area contributed by atoms with Crippen molar-refractivity contribution in [3.8, 4) is 5.75 Å². The second kappa shape index (κ2) is 21.0. The van der Waals surface area contributed by atoms with Crippen LogP contribution >= 0.6 is 0 Å². The van der Waals surface area contributed by atoms with E-state index in [1.807, 2.05) is 62.4 Å². The fourth-order valence-electron chi connectivity index (χ4n) is 5.23. The SMILES string of the molecule is CC(C)C[C@H](NC(=O)[C@H](Cc1ccccc1)NC(=O)CNC(=O)CNC(=O)[C@@H](N)Cc1ccc(O)cc1)C(=O)NCCCCc1ccccc1. The summed E-state index contributed by atoms with van der Waals surface area (Å²) in [5.41, 5.74) is 8.72. The van der Waals surface area contributed by atoms with Gasteiger partial charge in [-0.3, -0.25) is 24.0 Å². The van der Waals surface area contributed by atoms with Crippen molar-refractivity contribution in [3.05, 3.63) is 102 Å². The average molecular weight is 687 g/mol. The summed E-state index contributed by atoms with van der Waals surface area (Å²) in [7, 11) is 0. The number of hydrogen-bond acceptors (Lipinski definition) is 7. The Morgan fingerprint density at radius 1 is 0.620 bits per heavy atom. The number of unbranched alkanes of at least 4 members (excludes halogenated alkanes) is 1. The van der Waals surface area contributed by atoms with E-state index in [0.717, 1.165) is 30.4 Å². The number of carbonyl (C=O) groups is 5. The van der Waals surface area contributed by atoms with Crippen molar-refractivity contribution in [1.29, 1.82) is 0 Å². The lowest BCUT2D eigenvalue weighted by Crippen LogP contribution is -2.56. The van der Waals surface area contributed by atoms with Gasteiger partial charge in [-0.15, -0.1) is 0 Å². The highest BCUT2D eigenvalue weighted by atomic mass is 16.3. The first-order valence-corrected chi connectivity index (χ1v) is 17.0. The molecule has 268 valence electrons. The summed E-state index contributed by atoms with van der Waals surface area (Å²) >= 11 is 0. The van der Waals surface area contributed by atoms with Crippen molar-refractivity contribution in [2.45, 2.75) is 70.5 Å². The smallest absolute Gasteiger partial charge is 0.243 e. The van der Waals surface area contributed by atoms with Gasteiger partial charge in [-0.1, -0.05) is 86.6 Å². The van der Waals surface area contributed by atoms with Gasteiger partial charge >= 0.3 is 0 Å². The lowest BCUT2D eigenvalue weighted by Gasteiger charge is -2.24. The summed E-state index contributed by atoms with van der Waals surface area (Å²) in [6, 6.07) is 22.8. The largest absolute Gasteiger partial charge is 0.508 e. The van der Waals surface area contributed by atoms with Gasteiger partial charge in [0.25, 0.3) is 0 Å². The van der Waals surface area contributed by atoms with Crippen LogP contribution < -0.4 is 32.3 Å². The van der Waals surface area contributed by atoms with E-state index in [4.69, 9.17) is 5.73 Å².